The summed E-state index contributed by atoms with van der Waals surface area (Å²) in [5.74, 6) is -0.484. The molecule has 0 heterocycles. The summed E-state index contributed by atoms with van der Waals surface area (Å²) in [7, 11) is 1.88. The first kappa shape index (κ1) is 15.1. The molecule has 1 N–H and O–H groups in total. The lowest BCUT2D eigenvalue weighted by Gasteiger charge is -2.16. The first-order chi connectivity index (χ1) is 9.58. The van der Waals surface area contributed by atoms with Crippen LogP contribution in [0, 0.1) is 11.6 Å². The molecule has 0 radical (unpaired) electrons. The highest BCUT2D eigenvalue weighted by atomic mass is 79.9. The maximum absolute atomic E-state index is 13.2. The van der Waals surface area contributed by atoms with Crippen molar-refractivity contribution >= 4 is 15.9 Å². The van der Waals surface area contributed by atoms with E-state index < -0.39 is 0 Å². The molecule has 2 aromatic rings. The fourth-order valence-corrected chi connectivity index (χ4v) is 2.60. The maximum atomic E-state index is 13.2. The molecule has 1 unspecified atom stereocenters. The van der Waals surface area contributed by atoms with Gasteiger partial charge in [0.25, 0.3) is 0 Å². The smallest absolute Gasteiger partial charge is 0.137 e. The molecule has 0 saturated heterocycles. The van der Waals surface area contributed by atoms with Crippen molar-refractivity contribution in [2.75, 3.05) is 7.05 Å². The van der Waals surface area contributed by atoms with E-state index in [9.17, 15) is 8.78 Å². The Morgan fingerprint density at radius 2 is 1.75 bits per heavy atom. The number of rotatable bonds is 5. The lowest BCUT2D eigenvalue weighted by molar-refractivity contribution is 0.551. The Hall–Kier alpha value is -1.26. The highest BCUT2D eigenvalue weighted by Gasteiger charge is 2.10. The Morgan fingerprint density at radius 1 is 1.05 bits per heavy atom. The minimum Gasteiger partial charge on any atom is -0.316 e. The van der Waals surface area contributed by atoms with Crippen LogP contribution < -0.4 is 5.32 Å². The molecule has 0 aliphatic heterocycles. The van der Waals surface area contributed by atoms with Gasteiger partial charge in [0.15, 0.2) is 0 Å². The summed E-state index contributed by atoms with van der Waals surface area (Å²) in [5.41, 5.74) is 1.99. The average molecular weight is 340 g/mol. The van der Waals surface area contributed by atoms with Crippen molar-refractivity contribution in [1.82, 2.24) is 5.32 Å². The van der Waals surface area contributed by atoms with E-state index in [1.54, 1.807) is 24.3 Å². The molecule has 2 aromatic carbocycles. The molecule has 4 heteroatoms. The van der Waals surface area contributed by atoms with Crippen LogP contribution in [0.2, 0.25) is 0 Å². The Labute approximate surface area is 126 Å². The first-order valence-corrected chi connectivity index (χ1v) is 7.23. The highest BCUT2D eigenvalue weighted by molar-refractivity contribution is 9.10. The fourth-order valence-electron chi connectivity index (χ4n) is 2.18. The second-order valence-corrected chi connectivity index (χ2v) is 5.63. The molecular formula is C16H16BrF2N. The number of likely N-dealkylation sites (N-methyl/N-ethyl adjacent to an activating group) is 1. The number of hydrogen-bond donors (Lipinski definition) is 1. The topological polar surface area (TPSA) is 12.0 Å². The number of hydrogen-bond acceptors (Lipinski definition) is 1. The van der Waals surface area contributed by atoms with E-state index in [4.69, 9.17) is 0 Å². The number of halogens is 3. The summed E-state index contributed by atoms with van der Waals surface area (Å²) in [6.07, 6.45) is 1.48. The lowest BCUT2D eigenvalue weighted by Crippen LogP contribution is -2.29. The van der Waals surface area contributed by atoms with Gasteiger partial charge >= 0.3 is 0 Å². The van der Waals surface area contributed by atoms with Crippen molar-refractivity contribution in [1.29, 1.82) is 0 Å². The average Bonchev–Trinajstić information content (AvgIpc) is 2.42. The van der Waals surface area contributed by atoms with E-state index in [1.165, 1.54) is 12.1 Å². The zero-order valence-electron chi connectivity index (χ0n) is 11.2. The van der Waals surface area contributed by atoms with Crippen LogP contribution in [0.4, 0.5) is 8.78 Å². The summed E-state index contributed by atoms with van der Waals surface area (Å²) in [6, 6.07) is 11.8. The van der Waals surface area contributed by atoms with Crippen molar-refractivity contribution in [2.24, 2.45) is 0 Å². The fraction of sp³-hybridized carbons (Fsp3) is 0.250. The van der Waals surface area contributed by atoms with Crippen LogP contribution in [-0.2, 0) is 12.8 Å². The summed E-state index contributed by atoms with van der Waals surface area (Å²) in [5, 5.41) is 3.22. The van der Waals surface area contributed by atoms with E-state index in [-0.39, 0.29) is 17.7 Å². The molecular weight excluding hydrogens is 324 g/mol. The predicted octanol–water partition coefficient (Wildman–Crippen LogP) is 4.10. The van der Waals surface area contributed by atoms with Crippen LogP contribution >= 0.6 is 15.9 Å². The van der Waals surface area contributed by atoms with Crippen LogP contribution in [0.3, 0.4) is 0 Å². The van der Waals surface area contributed by atoms with E-state index in [0.29, 0.717) is 4.47 Å². The third-order valence-electron chi connectivity index (χ3n) is 3.25. The zero-order valence-corrected chi connectivity index (χ0v) is 12.8. The minimum atomic E-state index is -0.264. The normalized spacial score (nSPS) is 12.4. The van der Waals surface area contributed by atoms with Gasteiger partial charge in [0, 0.05) is 6.04 Å². The quantitative estimate of drug-likeness (QED) is 0.864. The highest BCUT2D eigenvalue weighted by Crippen LogP contribution is 2.18. The number of nitrogens with one attached hydrogen (secondary N) is 1. The zero-order chi connectivity index (χ0) is 14.5. The van der Waals surface area contributed by atoms with Gasteiger partial charge in [-0.1, -0.05) is 18.2 Å². The van der Waals surface area contributed by atoms with Crippen LogP contribution in [0.25, 0.3) is 0 Å². The molecule has 0 saturated carbocycles. The Morgan fingerprint density at radius 3 is 2.35 bits per heavy atom. The number of benzene rings is 2. The van der Waals surface area contributed by atoms with Gasteiger partial charge in [-0.25, -0.2) is 8.78 Å². The summed E-state index contributed by atoms with van der Waals surface area (Å²) in [4.78, 5) is 0. The van der Waals surface area contributed by atoms with Gasteiger partial charge in [-0.3, -0.25) is 0 Å². The van der Waals surface area contributed by atoms with Gasteiger partial charge in [0.05, 0.1) is 4.47 Å². The third kappa shape index (κ3) is 4.12. The second-order valence-electron chi connectivity index (χ2n) is 4.77. The SMILES string of the molecule is CNC(Cc1cccc(F)c1)Cc1ccc(F)c(Br)c1. The van der Waals surface area contributed by atoms with Crippen molar-refractivity contribution in [2.45, 2.75) is 18.9 Å². The third-order valence-corrected chi connectivity index (χ3v) is 3.85. The van der Waals surface area contributed by atoms with Gasteiger partial charge in [-0.05, 0) is 71.2 Å². The molecule has 2 rings (SSSR count). The van der Waals surface area contributed by atoms with Gasteiger partial charge < -0.3 is 5.32 Å². The first-order valence-electron chi connectivity index (χ1n) is 6.44. The Kier molecular flexibility index (Phi) is 5.26. The van der Waals surface area contributed by atoms with Crippen LogP contribution in [-0.4, -0.2) is 13.1 Å². The second kappa shape index (κ2) is 6.95. The molecule has 1 nitrogen and oxygen atoms in total. The Bertz CT molecular complexity index is 586. The van der Waals surface area contributed by atoms with E-state index in [0.717, 1.165) is 24.0 Å². The molecule has 0 amide bonds. The minimum absolute atomic E-state index is 0.175. The molecule has 0 aliphatic carbocycles. The lowest BCUT2D eigenvalue weighted by atomic mass is 9.99. The molecule has 0 fully saturated rings. The Balaban J connectivity index is 2.07. The van der Waals surface area contributed by atoms with E-state index >= 15 is 0 Å². The van der Waals surface area contributed by atoms with E-state index in [1.807, 2.05) is 13.1 Å². The molecule has 1 atom stereocenters. The van der Waals surface area contributed by atoms with Gasteiger partial charge in [-0.2, -0.15) is 0 Å². The van der Waals surface area contributed by atoms with Crippen LogP contribution in [0.15, 0.2) is 46.9 Å². The molecule has 0 aliphatic rings. The monoisotopic (exact) mass is 339 g/mol. The largest absolute Gasteiger partial charge is 0.316 e. The molecule has 0 bridgehead atoms. The summed E-state index contributed by atoms with van der Waals surface area (Å²) in [6.45, 7) is 0. The molecule has 0 aromatic heterocycles. The van der Waals surface area contributed by atoms with E-state index in [2.05, 4.69) is 21.2 Å². The molecule has 0 spiro atoms. The van der Waals surface area contributed by atoms with Crippen molar-refractivity contribution < 1.29 is 8.78 Å². The predicted molar refractivity (Wildman–Crippen MR) is 80.8 cm³/mol. The maximum Gasteiger partial charge on any atom is 0.137 e. The molecule has 106 valence electrons. The standard InChI is InChI=1S/C16H16BrF2N/c1-20-14(8-11-3-2-4-13(18)7-11)9-12-5-6-16(19)15(17)10-12/h2-7,10,14,20H,8-9H2,1H3. The summed E-state index contributed by atoms with van der Waals surface area (Å²) < 4.78 is 26.9. The van der Waals surface area contributed by atoms with Gasteiger partial charge in [-0.15, -0.1) is 0 Å². The van der Waals surface area contributed by atoms with Crippen LogP contribution in [0.1, 0.15) is 11.1 Å². The van der Waals surface area contributed by atoms with Crippen molar-refractivity contribution in [3.05, 3.63) is 69.7 Å². The van der Waals surface area contributed by atoms with Crippen LogP contribution in [0.5, 0.6) is 0 Å². The van der Waals surface area contributed by atoms with Gasteiger partial charge in [0.1, 0.15) is 11.6 Å². The van der Waals surface area contributed by atoms with Gasteiger partial charge in [0.2, 0.25) is 0 Å². The summed E-state index contributed by atoms with van der Waals surface area (Å²) >= 11 is 3.19. The molecule has 20 heavy (non-hydrogen) atoms. The van der Waals surface area contributed by atoms with Crippen molar-refractivity contribution in [3.8, 4) is 0 Å². The van der Waals surface area contributed by atoms with Crippen molar-refractivity contribution in [3.63, 3.8) is 0 Å².